The standard InChI is InChI=1S/C26H41N3O4/c1-16(2)12-23(29-21-14-20(32-9)11-10-17(21)3)33-22(18(4)13-19(5)30)15-28-25(31)24(27)26(6,7)8/h10-12,14,18,22,24H,13,15,27H2,1-9H3,(H,28,31). The number of nitrogens with one attached hydrogen (secondary N) is 1. The third kappa shape index (κ3) is 9.78. The molecule has 0 saturated heterocycles. The van der Waals surface area contributed by atoms with Crippen LogP contribution >= 0.6 is 0 Å². The molecule has 3 N–H and O–H groups in total. The van der Waals surface area contributed by atoms with Gasteiger partial charge in [0.25, 0.3) is 0 Å². The number of Topliss-reactive ketones (excluding diaryl/α,β-unsaturated/α-hetero) is 1. The number of rotatable bonds is 10. The topological polar surface area (TPSA) is 103 Å². The number of benzene rings is 1. The Morgan fingerprint density at radius 3 is 2.36 bits per heavy atom. The maximum atomic E-state index is 12.6. The average Bonchev–Trinajstić information content (AvgIpc) is 2.69. The van der Waals surface area contributed by atoms with Gasteiger partial charge < -0.3 is 25.3 Å². The van der Waals surface area contributed by atoms with E-state index in [-0.39, 0.29) is 29.6 Å². The van der Waals surface area contributed by atoms with Crippen molar-refractivity contribution in [1.82, 2.24) is 5.32 Å². The van der Waals surface area contributed by atoms with E-state index in [9.17, 15) is 9.59 Å². The molecule has 184 valence electrons. The highest BCUT2D eigenvalue weighted by atomic mass is 16.5. The van der Waals surface area contributed by atoms with Crippen molar-refractivity contribution in [3.8, 4) is 5.75 Å². The molecular weight excluding hydrogens is 418 g/mol. The third-order valence-electron chi connectivity index (χ3n) is 5.27. The van der Waals surface area contributed by atoms with E-state index >= 15 is 0 Å². The molecule has 0 heterocycles. The van der Waals surface area contributed by atoms with E-state index in [1.807, 2.05) is 72.7 Å². The van der Waals surface area contributed by atoms with Crippen LogP contribution in [0.1, 0.15) is 60.5 Å². The first-order valence-corrected chi connectivity index (χ1v) is 11.3. The number of carbonyl (C=O) groups excluding carboxylic acids is 2. The van der Waals surface area contributed by atoms with E-state index in [1.165, 1.54) is 0 Å². The van der Waals surface area contributed by atoms with E-state index in [4.69, 9.17) is 20.2 Å². The molecule has 1 aromatic carbocycles. The Morgan fingerprint density at radius 1 is 1.21 bits per heavy atom. The molecule has 1 amide bonds. The second kappa shape index (κ2) is 12.5. The third-order valence-corrected chi connectivity index (χ3v) is 5.27. The van der Waals surface area contributed by atoms with Gasteiger partial charge in [-0.1, -0.05) is 39.3 Å². The molecule has 0 aliphatic carbocycles. The molecule has 1 rings (SSSR count). The van der Waals surface area contributed by atoms with Crippen molar-refractivity contribution in [3.63, 3.8) is 0 Å². The lowest BCUT2D eigenvalue weighted by atomic mass is 9.87. The first-order chi connectivity index (χ1) is 15.2. The first kappa shape index (κ1) is 28.4. The molecular formula is C26H41N3O4. The number of methoxy groups -OCH3 is 1. The summed E-state index contributed by atoms with van der Waals surface area (Å²) in [5.74, 6) is 0.756. The Kier molecular flexibility index (Phi) is 10.8. The number of allylic oxidation sites excluding steroid dienone is 1. The van der Waals surface area contributed by atoms with Crippen LogP contribution < -0.4 is 15.8 Å². The molecule has 0 fully saturated rings. The molecule has 0 aromatic heterocycles. The highest BCUT2D eigenvalue weighted by molar-refractivity contribution is 5.91. The number of nitrogens with zero attached hydrogens (tertiary/aromatic N) is 1. The molecule has 7 nitrogen and oxygen atoms in total. The predicted molar refractivity (Wildman–Crippen MR) is 134 cm³/mol. The molecule has 3 unspecified atom stereocenters. The minimum atomic E-state index is -0.661. The number of ketones is 1. The van der Waals surface area contributed by atoms with Crippen molar-refractivity contribution in [3.05, 3.63) is 35.4 Å². The van der Waals surface area contributed by atoms with Crippen molar-refractivity contribution < 1.29 is 19.1 Å². The number of amides is 1. The fourth-order valence-electron chi connectivity index (χ4n) is 3.10. The minimum absolute atomic E-state index is 0.0539. The molecule has 33 heavy (non-hydrogen) atoms. The van der Waals surface area contributed by atoms with Gasteiger partial charge in [0.05, 0.1) is 25.4 Å². The fraction of sp³-hybridized carbons (Fsp3) is 0.577. The average molecular weight is 460 g/mol. The van der Waals surface area contributed by atoms with Crippen LogP contribution in [0.25, 0.3) is 0 Å². The van der Waals surface area contributed by atoms with E-state index in [0.717, 1.165) is 16.8 Å². The SMILES string of the molecule is COc1ccc(C)c(N=C(C=C(C)C)OC(CNC(=O)C(N)C(C)(C)C)C(C)CC(C)=O)c1. The number of hydrogen-bond acceptors (Lipinski definition) is 6. The Morgan fingerprint density at radius 2 is 1.85 bits per heavy atom. The monoisotopic (exact) mass is 459 g/mol. The number of nitrogens with two attached hydrogens (primary N) is 1. The Balaban J connectivity index is 3.24. The number of aryl methyl sites for hydroxylation is 1. The van der Waals surface area contributed by atoms with Gasteiger partial charge in [-0.15, -0.1) is 0 Å². The van der Waals surface area contributed by atoms with E-state index in [1.54, 1.807) is 14.0 Å². The zero-order chi connectivity index (χ0) is 25.3. The van der Waals surface area contributed by atoms with E-state index in [2.05, 4.69) is 5.32 Å². The summed E-state index contributed by atoms with van der Waals surface area (Å²) in [5, 5.41) is 2.90. The minimum Gasteiger partial charge on any atom is -0.497 e. The summed E-state index contributed by atoms with van der Waals surface area (Å²) in [6.07, 6.45) is 1.70. The molecule has 1 aromatic rings. The van der Waals surface area contributed by atoms with Crippen molar-refractivity contribution >= 4 is 23.3 Å². The molecule has 0 aliphatic heterocycles. The second-order valence-corrected chi connectivity index (χ2v) is 9.95. The summed E-state index contributed by atoms with van der Waals surface area (Å²) < 4.78 is 11.6. The van der Waals surface area contributed by atoms with Crippen LogP contribution in [-0.4, -0.2) is 43.4 Å². The Bertz CT molecular complexity index is 880. The summed E-state index contributed by atoms with van der Waals surface area (Å²) in [7, 11) is 1.61. The molecule has 0 bridgehead atoms. The van der Waals surface area contributed by atoms with Crippen molar-refractivity contribution in [2.24, 2.45) is 22.1 Å². The molecule has 3 atom stereocenters. The Hall–Kier alpha value is -2.67. The van der Waals surface area contributed by atoms with Gasteiger partial charge >= 0.3 is 0 Å². The van der Waals surface area contributed by atoms with Gasteiger partial charge in [0.2, 0.25) is 11.8 Å². The van der Waals surface area contributed by atoms with Crippen LogP contribution in [0.4, 0.5) is 5.69 Å². The largest absolute Gasteiger partial charge is 0.497 e. The van der Waals surface area contributed by atoms with E-state index in [0.29, 0.717) is 18.1 Å². The summed E-state index contributed by atoms with van der Waals surface area (Å²) in [5.41, 5.74) is 8.42. The van der Waals surface area contributed by atoms with Gasteiger partial charge in [-0.2, -0.15) is 0 Å². The van der Waals surface area contributed by atoms with Gasteiger partial charge in [0.15, 0.2) is 0 Å². The van der Waals surface area contributed by atoms with Crippen molar-refractivity contribution in [2.75, 3.05) is 13.7 Å². The number of hydrogen-bond donors (Lipinski definition) is 2. The van der Waals surface area contributed by atoms with Crippen LogP contribution in [-0.2, 0) is 14.3 Å². The Labute approximate surface area is 198 Å². The van der Waals surface area contributed by atoms with Crippen molar-refractivity contribution in [2.45, 2.75) is 74.0 Å². The van der Waals surface area contributed by atoms with Crippen LogP contribution in [0, 0.1) is 18.3 Å². The summed E-state index contributed by atoms with van der Waals surface area (Å²) >= 11 is 0. The lowest BCUT2D eigenvalue weighted by Gasteiger charge is -2.29. The van der Waals surface area contributed by atoms with Gasteiger partial charge in [-0.25, -0.2) is 4.99 Å². The second-order valence-electron chi connectivity index (χ2n) is 9.95. The summed E-state index contributed by atoms with van der Waals surface area (Å²) in [6.45, 7) is 15.3. The summed E-state index contributed by atoms with van der Waals surface area (Å²) in [6, 6.07) is 4.99. The van der Waals surface area contributed by atoms with Crippen LogP contribution in [0.3, 0.4) is 0 Å². The van der Waals surface area contributed by atoms with Gasteiger partial charge in [0, 0.05) is 18.4 Å². The quantitative estimate of drug-likeness (QED) is 0.396. The molecule has 0 saturated carbocycles. The van der Waals surface area contributed by atoms with Gasteiger partial charge in [-0.05, 0) is 50.8 Å². The van der Waals surface area contributed by atoms with E-state index < -0.39 is 12.1 Å². The maximum Gasteiger partial charge on any atom is 0.237 e. The van der Waals surface area contributed by atoms with Crippen molar-refractivity contribution in [1.29, 1.82) is 0 Å². The van der Waals surface area contributed by atoms with Crippen LogP contribution in [0.2, 0.25) is 0 Å². The molecule has 0 radical (unpaired) electrons. The zero-order valence-corrected chi connectivity index (χ0v) is 21.6. The first-order valence-electron chi connectivity index (χ1n) is 11.3. The van der Waals surface area contributed by atoms with Gasteiger partial charge in [0.1, 0.15) is 17.6 Å². The smallest absolute Gasteiger partial charge is 0.237 e. The predicted octanol–water partition coefficient (Wildman–Crippen LogP) is 4.49. The zero-order valence-electron chi connectivity index (χ0n) is 21.6. The molecule has 7 heteroatoms. The van der Waals surface area contributed by atoms with Crippen LogP contribution in [0.15, 0.2) is 34.8 Å². The number of ether oxygens (including phenoxy) is 2. The highest BCUT2D eigenvalue weighted by Gasteiger charge is 2.29. The lowest BCUT2D eigenvalue weighted by molar-refractivity contribution is -0.125. The summed E-state index contributed by atoms with van der Waals surface area (Å²) in [4.78, 5) is 29.1. The number of carbonyl (C=O) groups is 2. The van der Waals surface area contributed by atoms with Crippen LogP contribution in [0.5, 0.6) is 5.75 Å². The lowest BCUT2D eigenvalue weighted by Crippen LogP contribution is -2.51. The molecule has 0 aliphatic rings. The molecule has 0 spiro atoms. The maximum absolute atomic E-state index is 12.6. The normalized spacial score (nSPS) is 14.7. The van der Waals surface area contributed by atoms with Gasteiger partial charge in [-0.3, -0.25) is 4.79 Å². The number of aliphatic imine (C=N–C) groups is 1. The highest BCUT2D eigenvalue weighted by Crippen LogP contribution is 2.26. The fourth-order valence-corrected chi connectivity index (χ4v) is 3.10.